The Morgan fingerprint density at radius 3 is 2.75 bits per heavy atom. The van der Waals surface area contributed by atoms with Gasteiger partial charge in [-0.3, -0.25) is 4.79 Å². The number of likely N-dealkylation sites (N-methyl/N-ethyl adjacent to an activating group) is 1. The third-order valence-corrected chi connectivity index (χ3v) is 5.08. The number of likely N-dealkylation sites (tertiary alicyclic amines) is 1. The lowest BCUT2D eigenvalue weighted by atomic mass is 9.97. The van der Waals surface area contributed by atoms with Gasteiger partial charge in [0.25, 0.3) is 5.91 Å². The van der Waals surface area contributed by atoms with Crippen LogP contribution in [0.2, 0.25) is 0 Å². The molecule has 0 radical (unpaired) electrons. The van der Waals surface area contributed by atoms with Gasteiger partial charge in [-0.25, -0.2) is 0 Å². The van der Waals surface area contributed by atoms with Gasteiger partial charge >= 0.3 is 0 Å². The summed E-state index contributed by atoms with van der Waals surface area (Å²) in [4.78, 5) is 16.9. The Hall–Kier alpha value is -2.21. The van der Waals surface area contributed by atoms with Crippen LogP contribution in [0, 0.1) is 0 Å². The molecule has 0 N–H and O–H groups in total. The van der Waals surface area contributed by atoms with Gasteiger partial charge in [0.1, 0.15) is 5.82 Å². The van der Waals surface area contributed by atoms with E-state index in [-0.39, 0.29) is 5.91 Å². The number of benzene rings is 1. The van der Waals surface area contributed by atoms with E-state index in [0.29, 0.717) is 19.0 Å². The standard InChI is InChI=1S/C18H23N5O/c1-21-9-5-8-15(12-21)17-20-19-16-13-22(10-11-23(16)17)18(24)14-6-3-2-4-7-14/h2-4,6-7,15H,5,8-13H2,1H3/t15-/m0/s1. The van der Waals surface area contributed by atoms with E-state index in [2.05, 4.69) is 26.7 Å². The summed E-state index contributed by atoms with van der Waals surface area (Å²) in [7, 11) is 2.17. The molecule has 3 heterocycles. The molecule has 126 valence electrons. The molecule has 1 atom stereocenters. The van der Waals surface area contributed by atoms with Crippen molar-refractivity contribution in [3.63, 3.8) is 0 Å². The zero-order valence-electron chi connectivity index (χ0n) is 14.1. The molecular formula is C18H23N5O. The smallest absolute Gasteiger partial charge is 0.254 e. The molecule has 24 heavy (non-hydrogen) atoms. The van der Waals surface area contributed by atoms with E-state index in [1.807, 2.05) is 35.2 Å². The van der Waals surface area contributed by atoms with Crippen LogP contribution in [0.1, 0.15) is 40.8 Å². The van der Waals surface area contributed by atoms with Crippen molar-refractivity contribution in [1.82, 2.24) is 24.6 Å². The summed E-state index contributed by atoms with van der Waals surface area (Å²) >= 11 is 0. The third kappa shape index (κ3) is 2.82. The molecule has 0 bridgehead atoms. The molecule has 4 rings (SSSR count). The van der Waals surface area contributed by atoms with Crippen LogP contribution in [0.3, 0.4) is 0 Å². The molecule has 1 aromatic heterocycles. The topological polar surface area (TPSA) is 54.3 Å². The van der Waals surface area contributed by atoms with E-state index in [9.17, 15) is 4.79 Å². The molecule has 2 aliphatic heterocycles. The van der Waals surface area contributed by atoms with Crippen molar-refractivity contribution >= 4 is 5.91 Å². The van der Waals surface area contributed by atoms with Crippen LogP contribution < -0.4 is 0 Å². The van der Waals surface area contributed by atoms with Crippen molar-refractivity contribution in [3.8, 4) is 0 Å². The van der Waals surface area contributed by atoms with E-state index in [1.165, 1.54) is 12.8 Å². The highest BCUT2D eigenvalue weighted by molar-refractivity contribution is 5.94. The molecule has 1 aromatic carbocycles. The minimum atomic E-state index is 0.0730. The van der Waals surface area contributed by atoms with Crippen LogP contribution in [0.25, 0.3) is 0 Å². The summed E-state index contributed by atoms with van der Waals surface area (Å²) < 4.78 is 2.23. The molecule has 6 heteroatoms. The Kier molecular flexibility index (Phi) is 4.06. The highest BCUT2D eigenvalue weighted by atomic mass is 16.2. The van der Waals surface area contributed by atoms with Crippen LogP contribution in [0.4, 0.5) is 0 Å². The molecule has 2 aromatic rings. The van der Waals surface area contributed by atoms with Crippen LogP contribution in [-0.4, -0.2) is 57.2 Å². The monoisotopic (exact) mass is 325 g/mol. The number of nitrogens with zero attached hydrogens (tertiary/aromatic N) is 5. The van der Waals surface area contributed by atoms with Gasteiger partial charge in [-0.15, -0.1) is 10.2 Å². The van der Waals surface area contributed by atoms with Crippen molar-refractivity contribution in [2.45, 2.75) is 31.8 Å². The van der Waals surface area contributed by atoms with E-state index < -0.39 is 0 Å². The normalized spacial score (nSPS) is 21.5. The molecule has 2 aliphatic rings. The third-order valence-electron chi connectivity index (χ3n) is 5.08. The minimum Gasteiger partial charge on any atom is -0.329 e. The Morgan fingerprint density at radius 1 is 1.12 bits per heavy atom. The maximum absolute atomic E-state index is 12.6. The van der Waals surface area contributed by atoms with Crippen molar-refractivity contribution in [2.24, 2.45) is 0 Å². The highest BCUT2D eigenvalue weighted by Gasteiger charge is 2.29. The van der Waals surface area contributed by atoms with Gasteiger partial charge in [0.15, 0.2) is 5.82 Å². The zero-order valence-corrected chi connectivity index (χ0v) is 14.1. The average molecular weight is 325 g/mol. The quantitative estimate of drug-likeness (QED) is 0.844. The summed E-state index contributed by atoms with van der Waals surface area (Å²) in [6.07, 6.45) is 2.39. The predicted molar refractivity (Wildman–Crippen MR) is 90.7 cm³/mol. The second kappa shape index (κ2) is 6.36. The van der Waals surface area contributed by atoms with E-state index >= 15 is 0 Å². The summed E-state index contributed by atoms with van der Waals surface area (Å²) in [5.41, 5.74) is 0.736. The maximum Gasteiger partial charge on any atom is 0.254 e. The molecule has 0 saturated carbocycles. The van der Waals surface area contributed by atoms with Gasteiger partial charge < -0.3 is 14.4 Å². The first-order valence-corrected chi connectivity index (χ1v) is 8.67. The second-order valence-corrected chi connectivity index (χ2v) is 6.82. The molecule has 1 saturated heterocycles. The Bertz CT molecular complexity index is 726. The average Bonchev–Trinajstić information content (AvgIpc) is 3.05. The first-order valence-electron chi connectivity index (χ1n) is 8.67. The molecule has 0 unspecified atom stereocenters. The number of carbonyl (C=O) groups is 1. The minimum absolute atomic E-state index is 0.0730. The summed E-state index contributed by atoms with van der Waals surface area (Å²) in [5, 5.41) is 8.85. The number of hydrogen-bond donors (Lipinski definition) is 0. The Balaban J connectivity index is 1.51. The van der Waals surface area contributed by atoms with Crippen molar-refractivity contribution in [2.75, 3.05) is 26.7 Å². The molecular weight excluding hydrogens is 302 g/mol. The fourth-order valence-electron chi connectivity index (χ4n) is 3.80. The lowest BCUT2D eigenvalue weighted by molar-refractivity contribution is 0.0705. The lowest BCUT2D eigenvalue weighted by Crippen LogP contribution is -2.39. The molecule has 6 nitrogen and oxygen atoms in total. The van der Waals surface area contributed by atoms with Gasteiger partial charge in [0, 0.05) is 31.1 Å². The van der Waals surface area contributed by atoms with Crippen LogP contribution >= 0.6 is 0 Å². The zero-order chi connectivity index (χ0) is 16.5. The number of rotatable bonds is 2. The van der Waals surface area contributed by atoms with Crippen molar-refractivity contribution < 1.29 is 4.79 Å². The fourth-order valence-corrected chi connectivity index (χ4v) is 3.80. The van der Waals surface area contributed by atoms with Gasteiger partial charge in [-0.2, -0.15) is 0 Å². The fraction of sp³-hybridized carbons (Fsp3) is 0.500. The highest BCUT2D eigenvalue weighted by Crippen LogP contribution is 2.27. The summed E-state index contributed by atoms with van der Waals surface area (Å²) in [5.74, 6) is 2.54. The van der Waals surface area contributed by atoms with E-state index in [4.69, 9.17) is 0 Å². The maximum atomic E-state index is 12.6. The summed E-state index contributed by atoms with van der Waals surface area (Å²) in [6, 6.07) is 9.46. The predicted octanol–water partition coefficient (Wildman–Crippen LogP) is 1.74. The number of fused-ring (bicyclic) bond motifs is 1. The second-order valence-electron chi connectivity index (χ2n) is 6.82. The Labute approximate surface area is 142 Å². The SMILES string of the molecule is CN1CCC[C@H](c2nnc3n2CCN(C(=O)c2ccccc2)C3)C1. The number of piperidine rings is 1. The van der Waals surface area contributed by atoms with E-state index in [0.717, 1.165) is 36.8 Å². The van der Waals surface area contributed by atoms with Crippen molar-refractivity contribution in [3.05, 3.63) is 47.5 Å². The van der Waals surface area contributed by atoms with Crippen LogP contribution in [0.15, 0.2) is 30.3 Å². The molecule has 1 amide bonds. The number of carbonyl (C=O) groups excluding carboxylic acids is 1. The van der Waals surface area contributed by atoms with Crippen molar-refractivity contribution in [1.29, 1.82) is 0 Å². The number of hydrogen-bond acceptors (Lipinski definition) is 4. The van der Waals surface area contributed by atoms with E-state index in [1.54, 1.807) is 0 Å². The van der Waals surface area contributed by atoms with Gasteiger partial charge in [0.05, 0.1) is 6.54 Å². The first kappa shape index (κ1) is 15.3. The molecule has 0 aliphatic carbocycles. The molecule has 0 spiro atoms. The van der Waals surface area contributed by atoms with Crippen LogP contribution in [-0.2, 0) is 13.1 Å². The number of amides is 1. The first-order chi connectivity index (χ1) is 11.7. The van der Waals surface area contributed by atoms with Gasteiger partial charge in [0.2, 0.25) is 0 Å². The van der Waals surface area contributed by atoms with Crippen LogP contribution in [0.5, 0.6) is 0 Å². The lowest BCUT2D eigenvalue weighted by Gasteiger charge is -2.32. The van der Waals surface area contributed by atoms with Gasteiger partial charge in [-0.1, -0.05) is 18.2 Å². The van der Waals surface area contributed by atoms with Gasteiger partial charge in [-0.05, 0) is 38.6 Å². The number of aromatic nitrogens is 3. The summed E-state index contributed by atoms with van der Waals surface area (Å²) in [6.45, 7) is 4.26. The largest absolute Gasteiger partial charge is 0.329 e. The Morgan fingerprint density at radius 2 is 1.96 bits per heavy atom. The molecule has 1 fully saturated rings.